The summed E-state index contributed by atoms with van der Waals surface area (Å²) in [7, 11) is 0. The largest absolute Gasteiger partial charge is 0.487 e. The van der Waals surface area contributed by atoms with E-state index in [1.54, 1.807) is 0 Å². The minimum absolute atomic E-state index is 0.0692. The van der Waals surface area contributed by atoms with Crippen LogP contribution >= 0.6 is 0 Å². The highest BCUT2D eigenvalue weighted by Crippen LogP contribution is 2.52. The highest BCUT2D eigenvalue weighted by Gasteiger charge is 2.49. The number of likely N-dealkylation sites (tertiary alicyclic amines) is 1. The van der Waals surface area contributed by atoms with Gasteiger partial charge in [-0.2, -0.15) is 0 Å². The molecule has 3 heterocycles. The molecular weight excluding hydrogens is 310 g/mol. The average Bonchev–Trinajstić information content (AvgIpc) is 3.07. The summed E-state index contributed by atoms with van der Waals surface area (Å²) in [5.74, 6) is 8.19. The third kappa shape index (κ3) is 3.30. The van der Waals surface area contributed by atoms with Crippen molar-refractivity contribution in [2.75, 3.05) is 19.6 Å². The van der Waals surface area contributed by atoms with E-state index >= 15 is 0 Å². The zero-order valence-electron chi connectivity index (χ0n) is 15.7. The Labute approximate surface area is 151 Å². The molecule has 134 valence electrons. The van der Waals surface area contributed by atoms with E-state index in [1.807, 2.05) is 6.07 Å². The lowest BCUT2D eigenvalue weighted by Crippen LogP contribution is -2.50. The van der Waals surface area contributed by atoms with E-state index in [0.29, 0.717) is 5.92 Å². The number of nitrogens with zero attached hydrogens (tertiary/aromatic N) is 1. The topological polar surface area (TPSA) is 21.7 Å². The second-order valence-electron chi connectivity index (χ2n) is 8.44. The van der Waals surface area contributed by atoms with Crippen molar-refractivity contribution in [3.05, 3.63) is 29.8 Å². The van der Waals surface area contributed by atoms with Gasteiger partial charge in [-0.25, -0.2) is 0 Å². The molecule has 2 saturated heterocycles. The molecule has 0 spiro atoms. The molecule has 0 bridgehead atoms. The fourth-order valence-electron chi connectivity index (χ4n) is 4.53. The van der Waals surface area contributed by atoms with E-state index in [9.17, 15) is 0 Å². The molecule has 3 nitrogen and oxygen atoms in total. The predicted molar refractivity (Wildman–Crippen MR) is 99.6 cm³/mol. The first kappa shape index (κ1) is 16.9. The first-order chi connectivity index (χ1) is 12.0. The van der Waals surface area contributed by atoms with Crippen LogP contribution in [0.5, 0.6) is 5.75 Å². The van der Waals surface area contributed by atoms with E-state index in [0.717, 1.165) is 25.1 Å². The van der Waals surface area contributed by atoms with Gasteiger partial charge in [0, 0.05) is 11.5 Å². The van der Waals surface area contributed by atoms with Crippen LogP contribution in [0.2, 0.25) is 0 Å². The predicted octanol–water partition coefficient (Wildman–Crippen LogP) is 4.18. The lowest BCUT2D eigenvalue weighted by molar-refractivity contribution is -0.169. The summed E-state index contributed by atoms with van der Waals surface area (Å²) >= 11 is 0. The molecule has 3 atom stereocenters. The van der Waals surface area contributed by atoms with Crippen molar-refractivity contribution in [3.8, 4) is 17.6 Å². The van der Waals surface area contributed by atoms with Gasteiger partial charge in [-0.1, -0.05) is 30.0 Å². The van der Waals surface area contributed by atoms with Crippen LogP contribution < -0.4 is 4.74 Å². The highest BCUT2D eigenvalue weighted by atomic mass is 16.5. The Bertz CT molecular complexity index is 695. The molecule has 3 aliphatic heterocycles. The second kappa shape index (κ2) is 6.34. The van der Waals surface area contributed by atoms with Crippen LogP contribution in [0.3, 0.4) is 0 Å². The number of para-hydroxylation sites is 1. The normalized spacial score (nSPS) is 33.6. The molecule has 0 saturated carbocycles. The Kier molecular flexibility index (Phi) is 4.30. The van der Waals surface area contributed by atoms with E-state index in [1.165, 1.54) is 31.5 Å². The van der Waals surface area contributed by atoms with Crippen LogP contribution in [0, 0.1) is 17.8 Å². The summed E-state index contributed by atoms with van der Waals surface area (Å²) in [6, 6.07) is 8.31. The van der Waals surface area contributed by atoms with Crippen molar-refractivity contribution in [2.24, 2.45) is 5.92 Å². The van der Waals surface area contributed by atoms with Gasteiger partial charge in [0.25, 0.3) is 0 Å². The molecule has 0 amide bonds. The van der Waals surface area contributed by atoms with Gasteiger partial charge >= 0.3 is 0 Å². The number of ether oxygens (including phenoxy) is 2. The van der Waals surface area contributed by atoms with Gasteiger partial charge in [-0.3, -0.25) is 4.90 Å². The molecular formula is C22H29NO2. The minimum atomic E-state index is -0.360. The molecule has 25 heavy (non-hydrogen) atoms. The van der Waals surface area contributed by atoms with Crippen molar-refractivity contribution < 1.29 is 9.47 Å². The van der Waals surface area contributed by atoms with Crippen molar-refractivity contribution in [3.63, 3.8) is 0 Å². The maximum Gasteiger partial charge on any atom is 0.126 e. The molecule has 4 rings (SSSR count). The summed E-state index contributed by atoms with van der Waals surface area (Å²) < 4.78 is 12.9. The molecule has 3 aliphatic rings. The Morgan fingerprint density at radius 2 is 1.92 bits per heavy atom. The van der Waals surface area contributed by atoms with Crippen LogP contribution in [-0.4, -0.2) is 35.7 Å². The van der Waals surface area contributed by atoms with Gasteiger partial charge in [-0.15, -0.1) is 0 Å². The fourth-order valence-corrected chi connectivity index (χ4v) is 4.53. The van der Waals surface area contributed by atoms with Crippen LogP contribution in [0.25, 0.3) is 0 Å². The average molecular weight is 339 g/mol. The summed E-state index contributed by atoms with van der Waals surface area (Å²) in [6.07, 6.45) is 4.74. The van der Waals surface area contributed by atoms with Crippen molar-refractivity contribution in [1.82, 2.24) is 4.90 Å². The third-order valence-electron chi connectivity index (χ3n) is 6.03. The number of benzene rings is 1. The van der Waals surface area contributed by atoms with Crippen molar-refractivity contribution in [1.29, 1.82) is 0 Å². The first-order valence-corrected chi connectivity index (χ1v) is 9.65. The Morgan fingerprint density at radius 1 is 1.16 bits per heavy atom. The molecule has 0 aromatic heterocycles. The molecule has 1 aromatic carbocycles. The molecule has 0 N–H and O–H groups in total. The SMILES string of the molecule is CC1(C)Oc2ccccc2[C@@H]2O[C@@](C)(C#CCN3CCCC3)CC[C@H]21. The van der Waals surface area contributed by atoms with E-state index in [4.69, 9.17) is 9.47 Å². The van der Waals surface area contributed by atoms with Crippen molar-refractivity contribution in [2.45, 2.75) is 63.8 Å². The number of fused-ring (bicyclic) bond motifs is 3. The molecule has 1 aromatic rings. The maximum atomic E-state index is 6.63. The van der Waals surface area contributed by atoms with Crippen LogP contribution in [0.1, 0.15) is 58.1 Å². The van der Waals surface area contributed by atoms with Crippen LogP contribution in [0.15, 0.2) is 24.3 Å². The van der Waals surface area contributed by atoms with E-state index in [-0.39, 0.29) is 17.3 Å². The molecule has 2 fully saturated rings. The second-order valence-corrected chi connectivity index (χ2v) is 8.44. The fraction of sp³-hybridized carbons (Fsp3) is 0.636. The minimum Gasteiger partial charge on any atom is -0.487 e. The molecule has 3 heteroatoms. The Balaban J connectivity index is 1.55. The molecule has 0 radical (unpaired) electrons. The molecule has 0 unspecified atom stereocenters. The summed E-state index contributed by atoms with van der Waals surface area (Å²) in [6.45, 7) is 9.78. The number of hydrogen-bond acceptors (Lipinski definition) is 3. The number of rotatable bonds is 1. The third-order valence-corrected chi connectivity index (χ3v) is 6.03. The standard InChI is InChI=1S/C22H29NO2/c1-21(2)18-11-13-22(3,12-8-16-23-14-6-7-15-23)25-20(18)17-9-4-5-10-19(17)24-21/h4-5,9-10,18,20H,6-7,11,13-16H2,1-3H3/t18-,20+,22+/m1/s1. The summed E-state index contributed by atoms with van der Waals surface area (Å²) in [5.41, 5.74) is 0.615. The summed E-state index contributed by atoms with van der Waals surface area (Å²) in [4.78, 5) is 2.44. The summed E-state index contributed by atoms with van der Waals surface area (Å²) in [5, 5.41) is 0. The Morgan fingerprint density at radius 3 is 2.72 bits per heavy atom. The Hall–Kier alpha value is -1.50. The van der Waals surface area contributed by atoms with Gasteiger partial charge in [0.1, 0.15) is 17.0 Å². The highest BCUT2D eigenvalue weighted by molar-refractivity contribution is 5.39. The van der Waals surface area contributed by atoms with Gasteiger partial charge in [0.15, 0.2) is 0 Å². The lowest BCUT2D eigenvalue weighted by Gasteiger charge is -2.50. The zero-order chi connectivity index (χ0) is 17.5. The first-order valence-electron chi connectivity index (χ1n) is 9.65. The van der Waals surface area contributed by atoms with Gasteiger partial charge in [0.2, 0.25) is 0 Å². The van der Waals surface area contributed by atoms with Crippen LogP contribution in [0.4, 0.5) is 0 Å². The monoisotopic (exact) mass is 339 g/mol. The number of hydrogen-bond donors (Lipinski definition) is 0. The molecule has 0 aliphatic carbocycles. The maximum absolute atomic E-state index is 6.63. The lowest BCUT2D eigenvalue weighted by atomic mass is 9.73. The van der Waals surface area contributed by atoms with E-state index in [2.05, 4.69) is 55.7 Å². The van der Waals surface area contributed by atoms with Crippen molar-refractivity contribution >= 4 is 0 Å². The van der Waals surface area contributed by atoms with Gasteiger partial charge < -0.3 is 9.47 Å². The quantitative estimate of drug-likeness (QED) is 0.716. The van der Waals surface area contributed by atoms with Gasteiger partial charge in [0.05, 0.1) is 12.6 Å². The smallest absolute Gasteiger partial charge is 0.126 e. The van der Waals surface area contributed by atoms with E-state index < -0.39 is 0 Å². The van der Waals surface area contributed by atoms with Gasteiger partial charge in [-0.05, 0) is 65.6 Å². The van der Waals surface area contributed by atoms with Crippen LogP contribution in [-0.2, 0) is 4.74 Å². The zero-order valence-corrected chi connectivity index (χ0v) is 15.7.